The summed E-state index contributed by atoms with van der Waals surface area (Å²) < 4.78 is 30.7. The fourth-order valence-corrected chi connectivity index (χ4v) is 6.71. The van der Waals surface area contributed by atoms with E-state index in [4.69, 9.17) is 4.74 Å². The Morgan fingerprint density at radius 3 is 2.70 bits per heavy atom. The van der Waals surface area contributed by atoms with Crippen molar-refractivity contribution in [2.75, 3.05) is 23.9 Å². The van der Waals surface area contributed by atoms with E-state index >= 15 is 0 Å². The molecule has 2 atom stereocenters. The first-order valence-electron chi connectivity index (χ1n) is 10.6. The number of methoxy groups -OCH3 is 1. The number of nitrogens with one attached hydrogen (secondary N) is 1. The molecule has 1 aliphatic rings. The Balaban J connectivity index is 1.54. The van der Waals surface area contributed by atoms with Gasteiger partial charge in [0.05, 0.1) is 18.6 Å². The van der Waals surface area contributed by atoms with Crippen LogP contribution in [0, 0.1) is 5.92 Å². The molecule has 8 nitrogen and oxygen atoms in total. The van der Waals surface area contributed by atoms with E-state index in [9.17, 15) is 13.2 Å². The maximum atomic E-state index is 13.3. The molecular weight excluding hydrogens is 460 g/mol. The number of rotatable bonds is 8. The lowest BCUT2D eigenvalue weighted by Gasteiger charge is -2.17. The Morgan fingerprint density at radius 1 is 1.21 bits per heavy atom. The van der Waals surface area contributed by atoms with Gasteiger partial charge in [-0.2, -0.15) is 0 Å². The van der Waals surface area contributed by atoms with Gasteiger partial charge in [0.15, 0.2) is 15.0 Å². The minimum atomic E-state index is -2.95. The Bertz CT molecular complexity index is 1230. The van der Waals surface area contributed by atoms with E-state index in [2.05, 4.69) is 15.5 Å². The molecule has 2 heterocycles. The molecule has 33 heavy (non-hydrogen) atoms. The van der Waals surface area contributed by atoms with E-state index < -0.39 is 15.1 Å². The van der Waals surface area contributed by atoms with Gasteiger partial charge in [-0.3, -0.25) is 4.79 Å². The first-order chi connectivity index (χ1) is 15.8. The smallest absolute Gasteiger partial charge is 0.242 e. The number of hydrogen-bond donors (Lipinski definition) is 1. The summed E-state index contributed by atoms with van der Waals surface area (Å²) in [6, 6.07) is 16.7. The van der Waals surface area contributed by atoms with Crippen molar-refractivity contribution in [3.8, 4) is 5.75 Å². The van der Waals surface area contributed by atoms with Crippen LogP contribution >= 0.6 is 11.8 Å². The number of carbonyl (C=O) groups is 1. The number of hydrogen-bond acceptors (Lipinski definition) is 7. The third-order valence-electron chi connectivity index (χ3n) is 5.62. The molecule has 0 aliphatic carbocycles. The molecule has 0 saturated carbocycles. The van der Waals surface area contributed by atoms with Crippen LogP contribution < -0.4 is 10.1 Å². The molecule has 10 heteroatoms. The maximum absolute atomic E-state index is 13.3. The van der Waals surface area contributed by atoms with Gasteiger partial charge in [0, 0.05) is 25.2 Å². The largest absolute Gasteiger partial charge is 0.497 e. The van der Waals surface area contributed by atoms with Gasteiger partial charge < -0.3 is 14.6 Å². The zero-order chi connectivity index (χ0) is 23.4. The van der Waals surface area contributed by atoms with Gasteiger partial charge in [0.1, 0.15) is 16.8 Å². The lowest BCUT2D eigenvalue weighted by atomic mass is 10.1. The summed E-state index contributed by atoms with van der Waals surface area (Å²) in [6.07, 6.45) is 1.20. The number of carbonyl (C=O) groups excluding carboxylic acids is 1. The van der Waals surface area contributed by atoms with Crippen molar-refractivity contribution >= 4 is 33.2 Å². The molecular formula is C23H26N4O4S2. The highest BCUT2D eigenvalue weighted by Gasteiger charge is 2.30. The van der Waals surface area contributed by atoms with Crippen molar-refractivity contribution in [3.63, 3.8) is 0 Å². The van der Waals surface area contributed by atoms with Crippen LogP contribution in [-0.4, -0.2) is 47.7 Å². The average Bonchev–Trinajstić information content (AvgIpc) is 3.33. The number of benzene rings is 2. The van der Waals surface area contributed by atoms with Crippen molar-refractivity contribution in [2.24, 2.45) is 13.0 Å². The highest BCUT2D eigenvalue weighted by molar-refractivity contribution is 8.00. The molecule has 0 bridgehead atoms. The first-order valence-corrected chi connectivity index (χ1v) is 13.3. The third kappa shape index (κ3) is 5.75. The Labute approximate surface area is 197 Å². The summed E-state index contributed by atoms with van der Waals surface area (Å²) in [4.78, 5) is 13.3. The minimum Gasteiger partial charge on any atom is -0.497 e. The van der Waals surface area contributed by atoms with Crippen LogP contribution in [0.5, 0.6) is 5.75 Å². The van der Waals surface area contributed by atoms with Crippen LogP contribution in [0.4, 0.5) is 5.69 Å². The van der Waals surface area contributed by atoms with Crippen molar-refractivity contribution in [2.45, 2.75) is 23.2 Å². The molecule has 0 radical (unpaired) electrons. The van der Waals surface area contributed by atoms with E-state index in [0.717, 1.165) is 11.4 Å². The van der Waals surface area contributed by atoms with Gasteiger partial charge in [0.2, 0.25) is 5.91 Å². The Kier molecular flexibility index (Phi) is 7.04. The van der Waals surface area contributed by atoms with Crippen LogP contribution in [0.3, 0.4) is 0 Å². The van der Waals surface area contributed by atoms with Crippen molar-refractivity contribution in [1.29, 1.82) is 0 Å². The summed E-state index contributed by atoms with van der Waals surface area (Å²) >= 11 is 1.31. The minimum absolute atomic E-state index is 0.0528. The number of sulfone groups is 1. The van der Waals surface area contributed by atoms with E-state index in [-0.39, 0.29) is 23.3 Å². The topological polar surface area (TPSA) is 103 Å². The quantitative estimate of drug-likeness (QED) is 0.488. The predicted octanol–water partition coefficient (Wildman–Crippen LogP) is 3.27. The maximum Gasteiger partial charge on any atom is 0.242 e. The molecule has 1 aromatic heterocycles. The highest BCUT2D eigenvalue weighted by atomic mass is 32.2. The molecule has 1 aliphatic heterocycles. The molecule has 1 saturated heterocycles. The normalized spacial score (nSPS) is 18.1. The summed E-state index contributed by atoms with van der Waals surface area (Å²) in [7, 11) is 0.483. The average molecular weight is 487 g/mol. The Hall–Kier alpha value is -2.85. The van der Waals surface area contributed by atoms with Crippen LogP contribution in [0.25, 0.3) is 0 Å². The van der Waals surface area contributed by atoms with Gasteiger partial charge in [-0.25, -0.2) is 8.42 Å². The fourth-order valence-electron chi connectivity index (χ4n) is 3.83. The first kappa shape index (κ1) is 23.3. The number of aromatic nitrogens is 3. The molecule has 2 aromatic carbocycles. The van der Waals surface area contributed by atoms with E-state index in [1.807, 2.05) is 60.1 Å². The number of anilines is 1. The lowest BCUT2D eigenvalue weighted by molar-refractivity contribution is -0.115. The summed E-state index contributed by atoms with van der Waals surface area (Å²) in [6.45, 7) is 0. The SMILES string of the molecule is COc1cccc(NC(=O)[C@H](Sc2nnc(C[C@@H]3CCS(=O)(=O)C3)n2C)c2ccccc2)c1. The molecule has 0 spiro atoms. The number of ether oxygens (including phenoxy) is 1. The molecule has 1 fully saturated rings. The second kappa shape index (κ2) is 9.96. The van der Waals surface area contributed by atoms with Crippen LogP contribution in [-0.2, 0) is 28.1 Å². The van der Waals surface area contributed by atoms with Crippen LogP contribution in [0.15, 0.2) is 59.8 Å². The second-order valence-electron chi connectivity index (χ2n) is 8.06. The molecule has 1 N–H and O–H groups in total. The van der Waals surface area contributed by atoms with Crippen molar-refractivity contribution < 1.29 is 17.9 Å². The van der Waals surface area contributed by atoms with Crippen LogP contribution in [0.2, 0.25) is 0 Å². The number of nitrogens with zero attached hydrogens (tertiary/aromatic N) is 3. The zero-order valence-electron chi connectivity index (χ0n) is 18.5. The van der Waals surface area contributed by atoms with Gasteiger partial charge in [0.25, 0.3) is 0 Å². The fraction of sp³-hybridized carbons (Fsp3) is 0.348. The number of thioether (sulfide) groups is 1. The van der Waals surface area contributed by atoms with Gasteiger partial charge >= 0.3 is 0 Å². The van der Waals surface area contributed by atoms with Gasteiger partial charge in [-0.05, 0) is 30.0 Å². The molecule has 0 unspecified atom stereocenters. The summed E-state index contributed by atoms with van der Waals surface area (Å²) in [5.74, 6) is 1.67. The van der Waals surface area contributed by atoms with Crippen molar-refractivity contribution in [3.05, 3.63) is 66.0 Å². The van der Waals surface area contributed by atoms with E-state index in [0.29, 0.717) is 29.4 Å². The van der Waals surface area contributed by atoms with Gasteiger partial charge in [-0.15, -0.1) is 10.2 Å². The highest BCUT2D eigenvalue weighted by Crippen LogP contribution is 2.36. The zero-order valence-corrected chi connectivity index (χ0v) is 20.1. The molecule has 3 aromatic rings. The monoisotopic (exact) mass is 486 g/mol. The predicted molar refractivity (Wildman–Crippen MR) is 128 cm³/mol. The van der Waals surface area contributed by atoms with Crippen LogP contribution in [0.1, 0.15) is 23.1 Å². The second-order valence-corrected chi connectivity index (χ2v) is 11.4. The summed E-state index contributed by atoms with van der Waals surface area (Å²) in [5, 5.41) is 11.6. The molecule has 1 amide bonds. The molecule has 174 valence electrons. The number of amides is 1. The lowest BCUT2D eigenvalue weighted by Crippen LogP contribution is -2.19. The van der Waals surface area contributed by atoms with E-state index in [1.54, 1.807) is 13.2 Å². The Morgan fingerprint density at radius 2 is 2.00 bits per heavy atom. The van der Waals surface area contributed by atoms with E-state index in [1.165, 1.54) is 11.8 Å². The standard InChI is InChI=1S/C23H26N4O4S2/c1-27-20(13-16-11-12-33(29,30)15-16)25-26-23(27)32-21(17-7-4-3-5-8-17)22(28)24-18-9-6-10-19(14-18)31-2/h3-10,14,16,21H,11-13,15H2,1-2H3,(H,24,28)/t16-,21+/m0/s1. The van der Waals surface area contributed by atoms with Crippen molar-refractivity contribution in [1.82, 2.24) is 14.8 Å². The summed E-state index contributed by atoms with van der Waals surface area (Å²) in [5.41, 5.74) is 1.48. The third-order valence-corrected chi connectivity index (χ3v) is 8.75. The van der Waals surface area contributed by atoms with Gasteiger partial charge in [-0.1, -0.05) is 48.2 Å². The molecule has 4 rings (SSSR count).